The van der Waals surface area contributed by atoms with E-state index >= 15 is 0 Å². The Labute approximate surface area is 232 Å². The van der Waals surface area contributed by atoms with Crippen LogP contribution in [0.5, 0.6) is 5.75 Å². The molecule has 2 amide bonds. The number of rotatable bonds is 5. The molecule has 0 radical (unpaired) electrons. The molecule has 0 atom stereocenters. The highest BCUT2D eigenvalue weighted by atomic mass is 35.5. The number of hydrogen-bond donors (Lipinski definition) is 1. The van der Waals surface area contributed by atoms with E-state index in [2.05, 4.69) is 5.32 Å². The van der Waals surface area contributed by atoms with E-state index in [0.29, 0.717) is 16.7 Å². The Morgan fingerprint density at radius 1 is 0.897 bits per heavy atom. The van der Waals surface area contributed by atoms with E-state index in [4.69, 9.17) is 27.9 Å². The van der Waals surface area contributed by atoms with Gasteiger partial charge in [0.05, 0.1) is 21.8 Å². The molecule has 3 aromatic rings. The van der Waals surface area contributed by atoms with Crippen LogP contribution in [-0.4, -0.2) is 17.8 Å². The van der Waals surface area contributed by atoms with E-state index in [1.54, 1.807) is 12.1 Å². The largest absolute Gasteiger partial charge is 0.423 e. The van der Waals surface area contributed by atoms with Gasteiger partial charge in [0.15, 0.2) is 0 Å². The summed E-state index contributed by atoms with van der Waals surface area (Å²) in [5.74, 6) is -2.21. The second kappa shape index (κ2) is 10.4. The number of nitrogens with zero attached hydrogens (tertiary/aromatic N) is 1. The summed E-state index contributed by atoms with van der Waals surface area (Å²) in [7, 11) is 0. The van der Waals surface area contributed by atoms with Crippen LogP contribution in [-0.2, 0) is 21.2 Å². The highest BCUT2D eigenvalue weighted by molar-refractivity contribution is 6.53. The van der Waals surface area contributed by atoms with Gasteiger partial charge in [-0.3, -0.25) is 9.59 Å². The fourth-order valence-corrected chi connectivity index (χ4v) is 4.27. The number of benzene rings is 3. The van der Waals surface area contributed by atoms with E-state index in [1.165, 1.54) is 24.3 Å². The van der Waals surface area contributed by atoms with Gasteiger partial charge in [-0.25, -0.2) is 9.69 Å². The van der Waals surface area contributed by atoms with Crippen molar-refractivity contribution in [1.82, 2.24) is 0 Å². The molecule has 0 aromatic heterocycles. The van der Waals surface area contributed by atoms with Crippen LogP contribution < -0.4 is 15.0 Å². The number of nitrogens with one attached hydrogen (secondary N) is 1. The lowest BCUT2D eigenvalue weighted by Crippen LogP contribution is -2.32. The lowest BCUT2D eigenvalue weighted by Gasteiger charge is -2.22. The van der Waals surface area contributed by atoms with Crippen LogP contribution in [0.1, 0.15) is 42.3 Å². The summed E-state index contributed by atoms with van der Waals surface area (Å²) >= 11 is 12.1. The van der Waals surface area contributed by atoms with Crippen molar-refractivity contribution < 1.29 is 32.3 Å². The Bertz CT molecular complexity index is 1510. The molecule has 11 heteroatoms. The molecular formula is C28H21Cl2F3N2O4. The van der Waals surface area contributed by atoms with Crippen molar-refractivity contribution in [1.29, 1.82) is 0 Å². The van der Waals surface area contributed by atoms with Crippen molar-refractivity contribution in [2.24, 2.45) is 0 Å². The van der Waals surface area contributed by atoms with Crippen LogP contribution in [0.25, 0.3) is 0 Å². The Morgan fingerprint density at radius 2 is 1.54 bits per heavy atom. The van der Waals surface area contributed by atoms with E-state index < -0.39 is 40.2 Å². The third kappa shape index (κ3) is 5.79. The van der Waals surface area contributed by atoms with Gasteiger partial charge in [-0.15, -0.1) is 0 Å². The molecule has 39 heavy (non-hydrogen) atoms. The summed E-state index contributed by atoms with van der Waals surface area (Å²) in [6.07, 6.45) is -4.72. The lowest BCUT2D eigenvalue weighted by atomic mass is 9.86. The van der Waals surface area contributed by atoms with Crippen LogP contribution in [0, 0.1) is 0 Å². The number of amides is 2. The molecule has 6 nitrogen and oxygen atoms in total. The standard InChI is InChI=1S/C28H21Cl2F3N2O4/c1-27(2,3)18-6-4-5-7-21(18)39-26(38)15-8-11-17(12-9-15)34-23-22(30)24(36)35(25(23)37)20-14-16(28(31,32)33)10-13-19(20)29/h4-14,34H,1-3H3. The van der Waals surface area contributed by atoms with Crippen molar-refractivity contribution in [3.63, 3.8) is 0 Å². The summed E-state index contributed by atoms with van der Waals surface area (Å²) in [6.45, 7) is 5.99. The van der Waals surface area contributed by atoms with E-state index in [1.807, 2.05) is 32.9 Å². The van der Waals surface area contributed by atoms with Crippen LogP contribution in [0.3, 0.4) is 0 Å². The summed E-state index contributed by atoms with van der Waals surface area (Å²) in [6, 6.07) is 15.3. The quantitative estimate of drug-likeness (QED) is 0.196. The first-order chi connectivity index (χ1) is 18.2. The molecule has 0 unspecified atom stereocenters. The van der Waals surface area contributed by atoms with Crippen LogP contribution in [0.2, 0.25) is 5.02 Å². The highest BCUT2D eigenvalue weighted by Crippen LogP contribution is 2.39. The molecular weight excluding hydrogens is 556 g/mol. The number of anilines is 2. The van der Waals surface area contributed by atoms with Crippen LogP contribution >= 0.6 is 23.2 Å². The molecule has 1 heterocycles. The van der Waals surface area contributed by atoms with Gasteiger partial charge in [-0.1, -0.05) is 62.2 Å². The average Bonchev–Trinajstić information content (AvgIpc) is 3.06. The molecule has 0 saturated carbocycles. The number of alkyl halides is 3. The molecule has 1 aliphatic rings. The van der Waals surface area contributed by atoms with Gasteiger partial charge < -0.3 is 10.1 Å². The van der Waals surface area contributed by atoms with Gasteiger partial charge >= 0.3 is 12.1 Å². The molecule has 0 bridgehead atoms. The number of para-hydroxylation sites is 1. The maximum absolute atomic E-state index is 13.2. The third-order valence-electron chi connectivity index (χ3n) is 5.83. The lowest BCUT2D eigenvalue weighted by molar-refractivity contribution is -0.137. The first-order valence-electron chi connectivity index (χ1n) is 11.5. The second-order valence-electron chi connectivity index (χ2n) is 9.64. The smallest absolute Gasteiger partial charge is 0.416 e. The van der Waals surface area contributed by atoms with Gasteiger partial charge in [0, 0.05) is 11.3 Å². The van der Waals surface area contributed by atoms with Gasteiger partial charge in [0.25, 0.3) is 11.8 Å². The van der Waals surface area contributed by atoms with E-state index in [9.17, 15) is 27.6 Å². The number of hydrogen-bond acceptors (Lipinski definition) is 5. The van der Waals surface area contributed by atoms with Crippen molar-refractivity contribution in [2.75, 3.05) is 10.2 Å². The third-order valence-corrected chi connectivity index (χ3v) is 6.50. The molecule has 0 fully saturated rings. The summed E-state index contributed by atoms with van der Waals surface area (Å²) in [5, 5.41) is 1.92. The molecule has 3 aromatic carbocycles. The zero-order valence-electron chi connectivity index (χ0n) is 20.8. The topological polar surface area (TPSA) is 75.7 Å². The molecule has 0 saturated heterocycles. The fraction of sp³-hybridized carbons (Fsp3) is 0.179. The first-order valence-corrected chi connectivity index (χ1v) is 12.3. The van der Waals surface area contributed by atoms with Gasteiger partial charge in [0.1, 0.15) is 16.5 Å². The predicted octanol–water partition coefficient (Wildman–Crippen LogP) is 7.31. The number of carbonyl (C=O) groups is 3. The molecule has 202 valence electrons. The van der Waals surface area contributed by atoms with Crippen molar-refractivity contribution in [3.8, 4) is 5.75 Å². The zero-order valence-corrected chi connectivity index (χ0v) is 22.3. The average molecular weight is 577 g/mol. The van der Waals surface area contributed by atoms with E-state index in [-0.39, 0.29) is 27.4 Å². The number of halogens is 5. The maximum atomic E-state index is 13.2. The zero-order chi connectivity index (χ0) is 28.7. The SMILES string of the molecule is CC(C)(C)c1ccccc1OC(=O)c1ccc(NC2=C(Cl)C(=O)N(c3cc(C(F)(F)F)ccc3Cl)C2=O)cc1. The minimum absolute atomic E-state index is 0.218. The normalized spacial score (nSPS) is 14.2. The second-order valence-corrected chi connectivity index (χ2v) is 10.4. The number of esters is 1. The molecule has 4 rings (SSSR count). The number of imide groups is 1. The fourth-order valence-electron chi connectivity index (χ4n) is 3.86. The minimum atomic E-state index is -4.72. The molecule has 0 spiro atoms. The number of ether oxygens (including phenoxy) is 1. The Morgan fingerprint density at radius 3 is 2.15 bits per heavy atom. The Hall–Kier alpha value is -3.82. The van der Waals surface area contributed by atoms with Crippen molar-refractivity contribution >= 4 is 52.4 Å². The molecule has 1 aliphatic heterocycles. The Kier molecular flexibility index (Phi) is 7.51. The van der Waals surface area contributed by atoms with Crippen molar-refractivity contribution in [2.45, 2.75) is 32.4 Å². The highest BCUT2D eigenvalue weighted by Gasteiger charge is 2.41. The van der Waals surface area contributed by atoms with Crippen LogP contribution in [0.4, 0.5) is 24.5 Å². The number of carbonyl (C=O) groups excluding carboxylic acids is 3. The van der Waals surface area contributed by atoms with Gasteiger partial charge in [-0.2, -0.15) is 13.2 Å². The van der Waals surface area contributed by atoms with Gasteiger partial charge in [0.2, 0.25) is 0 Å². The molecule has 1 N–H and O–H groups in total. The first kappa shape index (κ1) is 28.2. The van der Waals surface area contributed by atoms with Crippen LogP contribution in [0.15, 0.2) is 77.5 Å². The summed E-state index contributed by atoms with van der Waals surface area (Å²) < 4.78 is 45.2. The minimum Gasteiger partial charge on any atom is -0.423 e. The maximum Gasteiger partial charge on any atom is 0.416 e. The van der Waals surface area contributed by atoms with E-state index in [0.717, 1.165) is 17.7 Å². The molecule has 0 aliphatic carbocycles. The predicted molar refractivity (Wildman–Crippen MR) is 142 cm³/mol. The summed E-state index contributed by atoms with van der Waals surface area (Å²) in [4.78, 5) is 39.0. The Balaban J connectivity index is 1.53. The van der Waals surface area contributed by atoms with Gasteiger partial charge in [-0.05, 0) is 53.9 Å². The van der Waals surface area contributed by atoms with Crippen molar-refractivity contribution in [3.05, 3.63) is 99.2 Å². The monoisotopic (exact) mass is 576 g/mol. The summed E-state index contributed by atoms with van der Waals surface area (Å²) in [5.41, 5.74) is -0.798.